The molecule has 0 aliphatic heterocycles. The lowest BCUT2D eigenvalue weighted by atomic mass is 10.6. The summed E-state index contributed by atoms with van der Waals surface area (Å²) in [6.45, 7) is 0.763. The number of amides is 2. The Bertz CT molecular complexity index is 370. The molecule has 0 bridgehead atoms. The zero-order valence-electron chi connectivity index (χ0n) is 8.73. The van der Waals surface area contributed by atoms with Crippen molar-refractivity contribution in [3.63, 3.8) is 0 Å². The first-order chi connectivity index (χ1) is 7.61. The highest BCUT2D eigenvalue weighted by Crippen LogP contribution is 2.07. The van der Waals surface area contributed by atoms with E-state index in [1.165, 1.54) is 7.11 Å². The Labute approximate surface area is 91.6 Å². The number of rotatable bonds is 5. The molecular formula is C7H13N7O2. The molecule has 1 aromatic heterocycles. The molecule has 9 nitrogen and oxygen atoms in total. The fourth-order valence-corrected chi connectivity index (χ4v) is 0.902. The number of hydrogen-bond donors (Lipinski definition) is 4. The second-order valence-electron chi connectivity index (χ2n) is 2.72. The van der Waals surface area contributed by atoms with Gasteiger partial charge in [0.1, 0.15) is 0 Å². The summed E-state index contributed by atoms with van der Waals surface area (Å²) in [4.78, 5) is 21.8. The predicted molar refractivity (Wildman–Crippen MR) is 56.9 cm³/mol. The number of aromatic nitrogens is 3. The maximum Gasteiger partial charge on any atom is 0.322 e. The van der Waals surface area contributed by atoms with Gasteiger partial charge in [0.05, 0.1) is 7.11 Å². The highest BCUT2D eigenvalue weighted by atomic mass is 16.5. The number of primary amides is 1. The summed E-state index contributed by atoms with van der Waals surface area (Å²) < 4.78 is 4.81. The summed E-state index contributed by atoms with van der Waals surface area (Å²) >= 11 is 0. The van der Waals surface area contributed by atoms with Crippen LogP contribution < -0.4 is 26.8 Å². The Balaban J connectivity index is 2.47. The molecule has 0 aliphatic rings. The lowest BCUT2D eigenvalue weighted by molar-refractivity contribution is 0.249. The number of nitrogens with zero attached hydrogens (tertiary/aromatic N) is 3. The molecule has 9 heteroatoms. The quantitative estimate of drug-likeness (QED) is 0.450. The van der Waals surface area contributed by atoms with Crippen LogP contribution in [0.15, 0.2) is 0 Å². The van der Waals surface area contributed by atoms with E-state index < -0.39 is 6.03 Å². The van der Waals surface area contributed by atoms with Crippen LogP contribution in [0, 0.1) is 0 Å². The number of anilines is 2. The van der Waals surface area contributed by atoms with Crippen molar-refractivity contribution in [2.75, 3.05) is 31.2 Å². The van der Waals surface area contributed by atoms with Gasteiger partial charge in [-0.25, -0.2) is 4.79 Å². The van der Waals surface area contributed by atoms with Crippen LogP contribution in [-0.4, -0.2) is 41.2 Å². The molecule has 1 aromatic rings. The lowest BCUT2D eigenvalue weighted by Gasteiger charge is -2.06. The molecule has 6 N–H and O–H groups in total. The van der Waals surface area contributed by atoms with Crippen molar-refractivity contribution in [1.29, 1.82) is 0 Å². The number of carbonyl (C=O) groups is 1. The van der Waals surface area contributed by atoms with E-state index in [1.807, 2.05) is 0 Å². The van der Waals surface area contributed by atoms with Crippen molar-refractivity contribution in [1.82, 2.24) is 20.3 Å². The topological polar surface area (TPSA) is 141 Å². The third-order valence-corrected chi connectivity index (χ3v) is 1.52. The Morgan fingerprint density at radius 2 is 2.12 bits per heavy atom. The molecule has 0 radical (unpaired) electrons. The molecule has 88 valence electrons. The summed E-state index contributed by atoms with van der Waals surface area (Å²) in [5.41, 5.74) is 10.3. The highest BCUT2D eigenvalue weighted by molar-refractivity contribution is 5.71. The van der Waals surface area contributed by atoms with E-state index in [0.29, 0.717) is 13.1 Å². The van der Waals surface area contributed by atoms with Crippen LogP contribution in [-0.2, 0) is 0 Å². The average Bonchev–Trinajstić information content (AvgIpc) is 2.23. The smallest absolute Gasteiger partial charge is 0.322 e. The number of hydrogen-bond acceptors (Lipinski definition) is 7. The molecule has 16 heavy (non-hydrogen) atoms. The maximum absolute atomic E-state index is 10.4. The number of ether oxygens (including phenoxy) is 1. The fourth-order valence-electron chi connectivity index (χ4n) is 0.902. The van der Waals surface area contributed by atoms with Crippen LogP contribution >= 0.6 is 0 Å². The number of nitrogen functional groups attached to an aromatic ring is 1. The molecule has 1 rings (SSSR count). The van der Waals surface area contributed by atoms with E-state index in [-0.39, 0.29) is 17.9 Å². The zero-order chi connectivity index (χ0) is 12.0. The first kappa shape index (κ1) is 11.8. The van der Waals surface area contributed by atoms with Gasteiger partial charge in [0, 0.05) is 13.1 Å². The summed E-state index contributed by atoms with van der Waals surface area (Å²) in [6, 6.07) is -0.465. The van der Waals surface area contributed by atoms with Crippen LogP contribution in [0.5, 0.6) is 6.01 Å². The minimum Gasteiger partial charge on any atom is -0.467 e. The molecule has 2 amide bonds. The van der Waals surface area contributed by atoms with E-state index in [9.17, 15) is 4.79 Å². The van der Waals surface area contributed by atoms with Gasteiger partial charge in [-0.3, -0.25) is 0 Å². The minimum absolute atomic E-state index is 0.0530. The predicted octanol–water partition coefficient (Wildman–Crippen LogP) is -1.46. The van der Waals surface area contributed by atoms with Gasteiger partial charge in [-0.15, -0.1) is 0 Å². The average molecular weight is 227 g/mol. The molecule has 0 saturated carbocycles. The summed E-state index contributed by atoms with van der Waals surface area (Å²) in [6.07, 6.45) is 0. The Kier molecular flexibility index (Phi) is 4.07. The number of methoxy groups -OCH3 is 1. The van der Waals surface area contributed by atoms with Gasteiger partial charge in [-0.1, -0.05) is 0 Å². The van der Waals surface area contributed by atoms with Crippen molar-refractivity contribution >= 4 is 17.9 Å². The number of nitrogens with one attached hydrogen (secondary N) is 2. The van der Waals surface area contributed by atoms with Gasteiger partial charge < -0.3 is 26.8 Å². The second kappa shape index (κ2) is 5.53. The second-order valence-corrected chi connectivity index (χ2v) is 2.72. The van der Waals surface area contributed by atoms with Crippen molar-refractivity contribution < 1.29 is 9.53 Å². The first-order valence-electron chi connectivity index (χ1n) is 4.44. The van der Waals surface area contributed by atoms with E-state index in [1.54, 1.807) is 0 Å². The molecule has 0 aromatic carbocycles. The van der Waals surface area contributed by atoms with Gasteiger partial charge in [0.25, 0.3) is 0 Å². The number of carbonyl (C=O) groups excluding carboxylic acids is 1. The third kappa shape index (κ3) is 3.82. The molecule has 0 saturated heterocycles. The molecule has 1 heterocycles. The normalized spacial score (nSPS) is 9.56. The summed E-state index contributed by atoms with van der Waals surface area (Å²) in [7, 11) is 1.42. The lowest BCUT2D eigenvalue weighted by Crippen LogP contribution is -2.33. The molecule has 0 aliphatic carbocycles. The van der Waals surface area contributed by atoms with Gasteiger partial charge in [-0.05, 0) is 0 Å². The molecule has 0 unspecified atom stereocenters. The van der Waals surface area contributed by atoms with Crippen LogP contribution in [0.1, 0.15) is 0 Å². The van der Waals surface area contributed by atoms with Crippen molar-refractivity contribution in [3.8, 4) is 6.01 Å². The molecule has 0 atom stereocenters. The maximum atomic E-state index is 10.4. The Morgan fingerprint density at radius 1 is 1.38 bits per heavy atom. The fraction of sp³-hybridized carbons (Fsp3) is 0.429. The first-order valence-corrected chi connectivity index (χ1v) is 4.44. The van der Waals surface area contributed by atoms with Crippen LogP contribution in [0.25, 0.3) is 0 Å². The van der Waals surface area contributed by atoms with Crippen molar-refractivity contribution in [2.24, 2.45) is 5.73 Å². The van der Waals surface area contributed by atoms with Crippen molar-refractivity contribution in [2.45, 2.75) is 0 Å². The standard InChI is InChI=1S/C7H13N7O2/c1-16-7-13-4(8)12-6(14-7)11-3-2-10-5(9)15/h2-3H2,1H3,(H3,9,10,15)(H3,8,11,12,13,14). The molecule has 0 spiro atoms. The van der Waals surface area contributed by atoms with E-state index in [0.717, 1.165) is 0 Å². The van der Waals surface area contributed by atoms with Crippen LogP contribution in [0.4, 0.5) is 16.7 Å². The SMILES string of the molecule is COc1nc(N)nc(NCCNC(N)=O)n1. The van der Waals surface area contributed by atoms with Gasteiger partial charge in [0.15, 0.2) is 0 Å². The summed E-state index contributed by atoms with van der Waals surface area (Å²) in [5.74, 6) is 0.327. The van der Waals surface area contributed by atoms with Crippen molar-refractivity contribution in [3.05, 3.63) is 0 Å². The van der Waals surface area contributed by atoms with Gasteiger partial charge >= 0.3 is 12.0 Å². The van der Waals surface area contributed by atoms with Crippen LogP contribution in [0.3, 0.4) is 0 Å². The minimum atomic E-state index is -0.588. The molecule has 0 fully saturated rings. The Morgan fingerprint density at radius 3 is 2.75 bits per heavy atom. The largest absolute Gasteiger partial charge is 0.467 e. The van der Waals surface area contributed by atoms with Gasteiger partial charge in [0.2, 0.25) is 11.9 Å². The zero-order valence-corrected chi connectivity index (χ0v) is 8.73. The van der Waals surface area contributed by atoms with Gasteiger partial charge in [-0.2, -0.15) is 15.0 Å². The number of urea groups is 1. The molecular weight excluding hydrogens is 214 g/mol. The summed E-state index contributed by atoms with van der Waals surface area (Å²) in [5, 5.41) is 5.22. The highest BCUT2D eigenvalue weighted by Gasteiger charge is 2.03. The van der Waals surface area contributed by atoms with E-state index >= 15 is 0 Å². The van der Waals surface area contributed by atoms with E-state index in [4.69, 9.17) is 16.2 Å². The third-order valence-electron chi connectivity index (χ3n) is 1.52. The number of nitrogens with two attached hydrogens (primary N) is 2. The van der Waals surface area contributed by atoms with E-state index in [2.05, 4.69) is 25.6 Å². The monoisotopic (exact) mass is 227 g/mol. The van der Waals surface area contributed by atoms with Crippen LogP contribution in [0.2, 0.25) is 0 Å². The Hall–Kier alpha value is -2.32.